The third-order valence-corrected chi connectivity index (χ3v) is 4.52. The summed E-state index contributed by atoms with van der Waals surface area (Å²) in [5, 5.41) is 4.37. The van der Waals surface area contributed by atoms with E-state index in [4.69, 9.17) is 14.5 Å². The van der Waals surface area contributed by atoms with Crippen LogP contribution in [0.2, 0.25) is 0 Å². The van der Waals surface area contributed by atoms with Crippen LogP contribution in [0.3, 0.4) is 0 Å². The molecule has 0 amide bonds. The van der Waals surface area contributed by atoms with Crippen molar-refractivity contribution in [3.05, 3.63) is 15.6 Å². The molecule has 4 nitrogen and oxygen atoms in total. The van der Waals surface area contributed by atoms with Crippen molar-refractivity contribution in [2.24, 2.45) is 0 Å². The van der Waals surface area contributed by atoms with Gasteiger partial charge in [-0.1, -0.05) is 13.8 Å². The molecule has 0 spiro atoms. The molecule has 0 aliphatic carbocycles. The van der Waals surface area contributed by atoms with Crippen molar-refractivity contribution in [2.45, 2.75) is 45.9 Å². The maximum atomic E-state index is 5.61. The van der Waals surface area contributed by atoms with Crippen LogP contribution in [0, 0.1) is 0 Å². The highest BCUT2D eigenvalue weighted by Crippen LogP contribution is 2.33. The number of rotatable bonds is 8. The Labute approximate surface area is 114 Å². The number of thiazole rings is 1. The largest absolute Gasteiger partial charge is 0.378 e. The normalized spacial score (nSPS) is 14.7. The molecule has 1 N–H and O–H groups in total. The van der Waals surface area contributed by atoms with Crippen LogP contribution in [-0.4, -0.2) is 25.7 Å². The summed E-state index contributed by atoms with van der Waals surface area (Å²) in [6, 6.07) is 0. The number of ether oxygens (including phenoxy) is 2. The van der Waals surface area contributed by atoms with E-state index in [9.17, 15) is 0 Å². The Morgan fingerprint density at radius 2 is 2.06 bits per heavy atom. The molecule has 0 bridgehead atoms. The molecule has 0 saturated heterocycles. The van der Waals surface area contributed by atoms with Gasteiger partial charge in [0.15, 0.2) is 0 Å². The predicted molar refractivity (Wildman–Crippen MR) is 74.9 cm³/mol. The van der Waals surface area contributed by atoms with E-state index in [2.05, 4.69) is 26.1 Å². The van der Waals surface area contributed by atoms with Crippen molar-refractivity contribution in [3.8, 4) is 0 Å². The second-order valence-electron chi connectivity index (χ2n) is 4.39. The van der Waals surface area contributed by atoms with E-state index in [1.54, 1.807) is 25.6 Å². The van der Waals surface area contributed by atoms with Crippen LogP contribution in [-0.2, 0) is 28.2 Å². The molecule has 1 aromatic heterocycles. The van der Waals surface area contributed by atoms with Gasteiger partial charge in [0.05, 0.1) is 12.3 Å². The molecule has 0 aliphatic heterocycles. The van der Waals surface area contributed by atoms with Gasteiger partial charge in [-0.25, -0.2) is 4.98 Å². The van der Waals surface area contributed by atoms with Gasteiger partial charge < -0.3 is 14.8 Å². The van der Waals surface area contributed by atoms with Crippen LogP contribution in [0.5, 0.6) is 0 Å². The molecule has 0 aromatic carbocycles. The van der Waals surface area contributed by atoms with Gasteiger partial charge in [-0.2, -0.15) is 0 Å². The summed E-state index contributed by atoms with van der Waals surface area (Å²) in [4.78, 5) is 5.94. The lowest BCUT2D eigenvalue weighted by Gasteiger charge is -2.23. The first kappa shape index (κ1) is 15.6. The van der Waals surface area contributed by atoms with Gasteiger partial charge in [0.2, 0.25) is 0 Å². The summed E-state index contributed by atoms with van der Waals surface area (Å²) in [5.41, 5.74) is 0.729. The molecule has 1 heterocycles. The predicted octanol–water partition coefficient (Wildman–Crippen LogP) is 2.67. The molecule has 0 fully saturated rings. The molecular weight excluding hydrogens is 248 g/mol. The molecule has 1 atom stereocenters. The van der Waals surface area contributed by atoms with Crippen molar-refractivity contribution < 1.29 is 9.47 Å². The van der Waals surface area contributed by atoms with Crippen LogP contribution >= 0.6 is 11.3 Å². The number of nitrogens with zero attached hydrogens (tertiary/aromatic N) is 1. The third-order valence-electron chi connectivity index (χ3n) is 3.17. The van der Waals surface area contributed by atoms with E-state index in [1.807, 2.05) is 0 Å². The third kappa shape index (κ3) is 3.51. The standard InChI is InChI=1S/C13H24N2O2S/c1-6-13(3,17-5)12-15-10(9-16-4)11(18-12)8-14-7-2/h14H,6-9H2,1-5H3. The zero-order chi connectivity index (χ0) is 13.6. The average Bonchev–Trinajstić information content (AvgIpc) is 2.79. The number of hydrogen-bond donors (Lipinski definition) is 1. The Morgan fingerprint density at radius 1 is 1.33 bits per heavy atom. The first-order valence-corrected chi connectivity index (χ1v) is 7.16. The Balaban J connectivity index is 3.00. The van der Waals surface area contributed by atoms with Gasteiger partial charge in [-0.15, -0.1) is 11.3 Å². The van der Waals surface area contributed by atoms with Crippen molar-refractivity contribution in [1.29, 1.82) is 0 Å². The van der Waals surface area contributed by atoms with Gasteiger partial charge in [0.1, 0.15) is 10.6 Å². The van der Waals surface area contributed by atoms with Crippen LogP contribution < -0.4 is 5.32 Å². The maximum absolute atomic E-state index is 5.61. The summed E-state index contributed by atoms with van der Waals surface area (Å²) in [6.07, 6.45) is 0.907. The number of nitrogens with one attached hydrogen (secondary N) is 1. The number of hydrogen-bond acceptors (Lipinski definition) is 5. The summed E-state index contributed by atoms with van der Waals surface area (Å²) < 4.78 is 10.8. The fourth-order valence-corrected chi connectivity index (χ4v) is 2.85. The molecule has 0 aliphatic rings. The van der Waals surface area contributed by atoms with Gasteiger partial charge in [0, 0.05) is 25.6 Å². The second-order valence-corrected chi connectivity index (χ2v) is 5.47. The van der Waals surface area contributed by atoms with Crippen LogP contribution in [0.15, 0.2) is 0 Å². The molecule has 18 heavy (non-hydrogen) atoms. The molecular formula is C13H24N2O2S. The number of methoxy groups -OCH3 is 2. The van der Waals surface area contributed by atoms with Gasteiger partial charge in [0.25, 0.3) is 0 Å². The minimum atomic E-state index is -0.294. The highest BCUT2D eigenvalue weighted by Gasteiger charge is 2.29. The molecule has 0 saturated carbocycles. The minimum Gasteiger partial charge on any atom is -0.378 e. The zero-order valence-electron chi connectivity index (χ0n) is 12.0. The van der Waals surface area contributed by atoms with Crippen molar-refractivity contribution >= 4 is 11.3 Å². The lowest BCUT2D eigenvalue weighted by atomic mass is 10.1. The summed E-state index contributed by atoms with van der Waals surface area (Å²) in [6.45, 7) is 8.65. The highest BCUT2D eigenvalue weighted by atomic mass is 32.1. The van der Waals surface area contributed by atoms with E-state index in [1.165, 1.54) is 4.88 Å². The fraction of sp³-hybridized carbons (Fsp3) is 0.769. The van der Waals surface area contributed by atoms with E-state index in [0.717, 1.165) is 30.2 Å². The first-order valence-electron chi connectivity index (χ1n) is 6.35. The van der Waals surface area contributed by atoms with E-state index in [0.29, 0.717) is 6.61 Å². The molecule has 104 valence electrons. The molecule has 0 radical (unpaired) electrons. The van der Waals surface area contributed by atoms with Gasteiger partial charge in [-0.3, -0.25) is 0 Å². The van der Waals surface area contributed by atoms with E-state index in [-0.39, 0.29) is 5.60 Å². The number of aromatic nitrogens is 1. The second kappa shape index (κ2) is 7.19. The van der Waals surface area contributed by atoms with Crippen molar-refractivity contribution in [2.75, 3.05) is 20.8 Å². The SMILES string of the molecule is CCNCc1sc(C(C)(CC)OC)nc1COC. The van der Waals surface area contributed by atoms with E-state index < -0.39 is 0 Å². The Kier molecular flexibility index (Phi) is 6.21. The molecule has 1 rings (SSSR count). The average molecular weight is 272 g/mol. The summed E-state index contributed by atoms with van der Waals surface area (Å²) in [7, 11) is 3.44. The fourth-order valence-electron chi connectivity index (χ4n) is 1.62. The Bertz CT molecular complexity index is 362. The lowest BCUT2D eigenvalue weighted by molar-refractivity contribution is -0.00183. The summed E-state index contributed by atoms with van der Waals surface area (Å²) >= 11 is 1.72. The molecule has 1 aromatic rings. The van der Waals surface area contributed by atoms with Crippen LogP contribution in [0.1, 0.15) is 42.8 Å². The van der Waals surface area contributed by atoms with Gasteiger partial charge in [-0.05, 0) is 19.9 Å². The Hall–Kier alpha value is -0.490. The lowest BCUT2D eigenvalue weighted by Crippen LogP contribution is -2.22. The maximum Gasteiger partial charge on any atom is 0.125 e. The topological polar surface area (TPSA) is 43.4 Å². The highest BCUT2D eigenvalue weighted by molar-refractivity contribution is 7.11. The zero-order valence-corrected chi connectivity index (χ0v) is 12.8. The summed E-state index contributed by atoms with van der Waals surface area (Å²) in [5.74, 6) is 0. The Morgan fingerprint density at radius 3 is 2.56 bits per heavy atom. The van der Waals surface area contributed by atoms with Crippen molar-refractivity contribution in [1.82, 2.24) is 10.3 Å². The quantitative estimate of drug-likeness (QED) is 0.790. The molecule has 5 heteroatoms. The monoisotopic (exact) mass is 272 g/mol. The van der Waals surface area contributed by atoms with Crippen LogP contribution in [0.4, 0.5) is 0 Å². The molecule has 1 unspecified atom stereocenters. The smallest absolute Gasteiger partial charge is 0.125 e. The van der Waals surface area contributed by atoms with Crippen molar-refractivity contribution in [3.63, 3.8) is 0 Å². The van der Waals surface area contributed by atoms with Gasteiger partial charge >= 0.3 is 0 Å². The van der Waals surface area contributed by atoms with E-state index >= 15 is 0 Å². The minimum absolute atomic E-state index is 0.294. The first-order chi connectivity index (χ1) is 8.61. The van der Waals surface area contributed by atoms with Crippen LogP contribution in [0.25, 0.3) is 0 Å².